The standard InChI is InChI=1S/C16H26N2O2/c1-11-15(12(2)18(3)17-11)20-14-10-13(19)16(14)8-6-4-5-7-9-16/h13-14,19H,4-10H2,1-3H3. The van der Waals surface area contributed by atoms with E-state index in [0.717, 1.165) is 36.4 Å². The molecular formula is C16H26N2O2. The van der Waals surface area contributed by atoms with Crippen LogP contribution in [0.25, 0.3) is 0 Å². The van der Waals surface area contributed by atoms with E-state index in [-0.39, 0.29) is 17.6 Å². The average Bonchev–Trinajstić information content (AvgIpc) is 2.66. The number of hydrogen-bond acceptors (Lipinski definition) is 3. The maximum absolute atomic E-state index is 10.3. The summed E-state index contributed by atoms with van der Waals surface area (Å²) >= 11 is 0. The van der Waals surface area contributed by atoms with Gasteiger partial charge in [-0.1, -0.05) is 25.7 Å². The lowest BCUT2D eigenvalue weighted by atomic mass is 9.59. The average molecular weight is 278 g/mol. The first kappa shape index (κ1) is 13.9. The number of ether oxygens (including phenoxy) is 1. The van der Waals surface area contributed by atoms with Crippen molar-refractivity contribution in [1.29, 1.82) is 0 Å². The first-order valence-electron chi connectivity index (χ1n) is 7.89. The third-order valence-corrected chi connectivity index (χ3v) is 5.48. The van der Waals surface area contributed by atoms with E-state index in [1.165, 1.54) is 25.7 Å². The van der Waals surface area contributed by atoms with Crippen molar-refractivity contribution in [2.24, 2.45) is 12.5 Å². The summed E-state index contributed by atoms with van der Waals surface area (Å²) in [6.45, 7) is 4.04. The summed E-state index contributed by atoms with van der Waals surface area (Å²) in [7, 11) is 1.95. The molecule has 2 atom stereocenters. The highest BCUT2D eigenvalue weighted by Gasteiger charge is 2.55. The Kier molecular flexibility index (Phi) is 3.53. The van der Waals surface area contributed by atoms with Crippen LogP contribution in [0.15, 0.2) is 0 Å². The van der Waals surface area contributed by atoms with Gasteiger partial charge in [-0.3, -0.25) is 4.68 Å². The summed E-state index contributed by atoms with van der Waals surface area (Å²) in [5.41, 5.74) is 2.04. The van der Waals surface area contributed by atoms with Crippen LogP contribution in [-0.4, -0.2) is 27.1 Å². The van der Waals surface area contributed by atoms with E-state index < -0.39 is 0 Å². The summed E-state index contributed by atoms with van der Waals surface area (Å²) in [5, 5.41) is 14.8. The first-order chi connectivity index (χ1) is 9.54. The van der Waals surface area contributed by atoms with Crippen molar-refractivity contribution in [2.75, 3.05) is 0 Å². The summed E-state index contributed by atoms with van der Waals surface area (Å²) < 4.78 is 8.18. The molecule has 2 aliphatic rings. The van der Waals surface area contributed by atoms with Crippen molar-refractivity contribution in [3.63, 3.8) is 0 Å². The Morgan fingerprint density at radius 2 is 1.85 bits per heavy atom. The Labute approximate surface area is 121 Å². The molecule has 2 unspecified atom stereocenters. The smallest absolute Gasteiger partial charge is 0.163 e. The molecule has 112 valence electrons. The SMILES string of the molecule is Cc1nn(C)c(C)c1OC1CC(O)C12CCCCCC2. The van der Waals surface area contributed by atoms with Crippen LogP contribution in [0.3, 0.4) is 0 Å². The van der Waals surface area contributed by atoms with Gasteiger partial charge in [0.2, 0.25) is 0 Å². The lowest BCUT2D eigenvalue weighted by Crippen LogP contribution is -2.59. The van der Waals surface area contributed by atoms with Gasteiger partial charge in [0.15, 0.2) is 5.75 Å². The molecule has 0 aromatic carbocycles. The molecule has 4 heteroatoms. The minimum Gasteiger partial charge on any atom is -0.486 e. The van der Waals surface area contributed by atoms with Gasteiger partial charge in [0, 0.05) is 18.9 Å². The van der Waals surface area contributed by atoms with Crippen LogP contribution < -0.4 is 4.74 Å². The largest absolute Gasteiger partial charge is 0.486 e. The van der Waals surface area contributed by atoms with Gasteiger partial charge < -0.3 is 9.84 Å². The van der Waals surface area contributed by atoms with Gasteiger partial charge in [-0.2, -0.15) is 5.10 Å². The molecule has 0 bridgehead atoms. The molecule has 1 heterocycles. The van der Waals surface area contributed by atoms with Crippen LogP contribution >= 0.6 is 0 Å². The highest BCUT2D eigenvalue weighted by molar-refractivity contribution is 5.32. The van der Waals surface area contributed by atoms with Crippen molar-refractivity contribution in [3.05, 3.63) is 11.4 Å². The van der Waals surface area contributed by atoms with Crippen molar-refractivity contribution < 1.29 is 9.84 Å². The van der Waals surface area contributed by atoms with Gasteiger partial charge in [-0.25, -0.2) is 0 Å². The normalized spacial score (nSPS) is 29.0. The Hall–Kier alpha value is -1.03. The zero-order valence-electron chi connectivity index (χ0n) is 12.9. The van der Waals surface area contributed by atoms with Gasteiger partial charge in [-0.15, -0.1) is 0 Å². The highest BCUT2D eigenvalue weighted by atomic mass is 16.5. The fourth-order valence-corrected chi connectivity index (χ4v) is 4.00. The number of hydrogen-bond donors (Lipinski definition) is 1. The molecule has 2 saturated carbocycles. The molecular weight excluding hydrogens is 252 g/mol. The van der Waals surface area contributed by atoms with E-state index in [9.17, 15) is 5.11 Å². The second-order valence-electron chi connectivity index (χ2n) is 6.63. The van der Waals surface area contributed by atoms with E-state index in [2.05, 4.69) is 5.10 Å². The number of aliphatic hydroxyl groups is 1. The molecule has 20 heavy (non-hydrogen) atoms. The second-order valence-corrected chi connectivity index (χ2v) is 6.63. The van der Waals surface area contributed by atoms with Gasteiger partial charge in [-0.05, 0) is 26.7 Å². The van der Waals surface area contributed by atoms with E-state index in [1.807, 2.05) is 25.6 Å². The molecule has 2 fully saturated rings. The monoisotopic (exact) mass is 278 g/mol. The van der Waals surface area contributed by atoms with Gasteiger partial charge in [0.25, 0.3) is 0 Å². The molecule has 1 N–H and O–H groups in total. The van der Waals surface area contributed by atoms with E-state index in [0.29, 0.717) is 0 Å². The fraction of sp³-hybridized carbons (Fsp3) is 0.812. The van der Waals surface area contributed by atoms with Crippen LogP contribution in [0.1, 0.15) is 56.3 Å². The number of rotatable bonds is 2. The summed E-state index contributed by atoms with van der Waals surface area (Å²) in [6.07, 6.45) is 8.02. The zero-order valence-corrected chi connectivity index (χ0v) is 12.9. The molecule has 3 rings (SSSR count). The maximum Gasteiger partial charge on any atom is 0.163 e. The molecule has 2 aliphatic carbocycles. The van der Waals surface area contributed by atoms with Crippen molar-refractivity contribution >= 4 is 0 Å². The third kappa shape index (κ3) is 2.05. The van der Waals surface area contributed by atoms with Gasteiger partial charge in [0.05, 0.1) is 11.8 Å². The van der Waals surface area contributed by atoms with Crippen molar-refractivity contribution in [1.82, 2.24) is 9.78 Å². The minimum absolute atomic E-state index is 0.00518. The first-order valence-corrected chi connectivity index (χ1v) is 7.89. The summed E-state index contributed by atoms with van der Waals surface area (Å²) in [6, 6.07) is 0. The third-order valence-electron chi connectivity index (χ3n) is 5.48. The lowest BCUT2D eigenvalue weighted by Gasteiger charge is -2.53. The van der Waals surface area contributed by atoms with E-state index >= 15 is 0 Å². The summed E-state index contributed by atoms with van der Waals surface area (Å²) in [5.74, 6) is 0.924. The molecule has 0 saturated heterocycles. The molecule has 0 amide bonds. The quantitative estimate of drug-likeness (QED) is 0.905. The van der Waals surface area contributed by atoms with Crippen LogP contribution in [0.2, 0.25) is 0 Å². The Balaban J connectivity index is 1.80. The lowest BCUT2D eigenvalue weighted by molar-refractivity contribution is -0.163. The minimum atomic E-state index is -0.178. The Bertz CT molecular complexity index is 487. The van der Waals surface area contributed by atoms with Crippen LogP contribution in [0, 0.1) is 19.3 Å². The van der Waals surface area contributed by atoms with Crippen LogP contribution in [0.4, 0.5) is 0 Å². The zero-order chi connectivity index (χ0) is 14.3. The van der Waals surface area contributed by atoms with Crippen LogP contribution in [-0.2, 0) is 7.05 Å². The number of aliphatic hydroxyl groups excluding tert-OH is 1. The molecule has 4 nitrogen and oxygen atoms in total. The number of nitrogens with zero attached hydrogens (tertiary/aromatic N) is 2. The van der Waals surface area contributed by atoms with Gasteiger partial charge >= 0.3 is 0 Å². The van der Waals surface area contributed by atoms with Crippen LogP contribution in [0.5, 0.6) is 5.75 Å². The summed E-state index contributed by atoms with van der Waals surface area (Å²) in [4.78, 5) is 0. The number of aryl methyl sites for hydroxylation is 2. The molecule has 1 aromatic heterocycles. The molecule has 1 aromatic rings. The molecule has 1 spiro atoms. The van der Waals surface area contributed by atoms with Gasteiger partial charge in [0.1, 0.15) is 11.8 Å². The van der Waals surface area contributed by atoms with Crippen molar-refractivity contribution in [2.45, 2.75) is 71.0 Å². The fourth-order valence-electron chi connectivity index (χ4n) is 4.00. The Morgan fingerprint density at radius 1 is 1.20 bits per heavy atom. The predicted octanol–water partition coefficient (Wildman–Crippen LogP) is 2.89. The molecule has 0 radical (unpaired) electrons. The van der Waals surface area contributed by atoms with Crippen molar-refractivity contribution in [3.8, 4) is 5.75 Å². The van der Waals surface area contributed by atoms with E-state index in [1.54, 1.807) is 0 Å². The Morgan fingerprint density at radius 3 is 2.35 bits per heavy atom. The maximum atomic E-state index is 10.3. The topological polar surface area (TPSA) is 47.3 Å². The van der Waals surface area contributed by atoms with E-state index in [4.69, 9.17) is 4.74 Å². The second kappa shape index (κ2) is 5.06. The highest BCUT2D eigenvalue weighted by Crippen LogP contribution is 2.52. The number of aromatic nitrogens is 2. The molecule has 0 aliphatic heterocycles. The predicted molar refractivity (Wildman–Crippen MR) is 77.9 cm³/mol.